The summed E-state index contributed by atoms with van der Waals surface area (Å²) in [4.78, 5) is 11.2. The first-order valence-corrected chi connectivity index (χ1v) is 3.46. The second-order valence-electron chi connectivity index (χ2n) is 2.42. The van der Waals surface area contributed by atoms with E-state index in [-0.39, 0.29) is 5.78 Å². The number of rotatable bonds is 3. The Morgan fingerprint density at radius 2 is 2.36 bits per heavy atom. The zero-order valence-corrected chi connectivity index (χ0v) is 6.68. The van der Waals surface area contributed by atoms with Crippen LogP contribution in [-0.4, -0.2) is 19.4 Å². The van der Waals surface area contributed by atoms with Crippen LogP contribution in [-0.2, 0) is 0 Å². The molecule has 0 saturated carbocycles. The summed E-state index contributed by atoms with van der Waals surface area (Å²) in [6, 6.07) is 0. The predicted octanol–water partition coefficient (Wildman–Crippen LogP) is 0.990. The monoisotopic (exact) mass is 153 g/mol. The Morgan fingerprint density at radius 1 is 1.64 bits per heavy atom. The van der Waals surface area contributed by atoms with Crippen LogP contribution in [0.15, 0.2) is 16.9 Å². The standard InChI is InChI=1S/C8H11NO2/c1-6-4-11-5-7(6)8(10)3-9-2/h4-5,9H,3H2,1-2H3. The van der Waals surface area contributed by atoms with Crippen LogP contribution in [0.3, 0.4) is 0 Å². The van der Waals surface area contributed by atoms with Gasteiger partial charge in [0.15, 0.2) is 5.78 Å². The lowest BCUT2D eigenvalue weighted by molar-refractivity contribution is 0.0992. The molecule has 3 nitrogen and oxygen atoms in total. The summed E-state index contributed by atoms with van der Waals surface area (Å²) in [6.07, 6.45) is 3.05. The van der Waals surface area contributed by atoms with E-state index < -0.39 is 0 Å². The highest BCUT2D eigenvalue weighted by molar-refractivity contribution is 5.98. The fourth-order valence-corrected chi connectivity index (χ4v) is 0.902. The topological polar surface area (TPSA) is 42.2 Å². The Hall–Kier alpha value is -1.09. The zero-order chi connectivity index (χ0) is 8.27. The number of likely N-dealkylation sites (N-methyl/N-ethyl adjacent to an activating group) is 1. The molecule has 0 aliphatic carbocycles. The van der Waals surface area contributed by atoms with Crippen molar-refractivity contribution in [3.63, 3.8) is 0 Å². The maximum absolute atomic E-state index is 11.2. The minimum absolute atomic E-state index is 0.0683. The smallest absolute Gasteiger partial charge is 0.180 e. The molecule has 11 heavy (non-hydrogen) atoms. The first-order chi connectivity index (χ1) is 5.25. The number of hydrogen-bond acceptors (Lipinski definition) is 3. The summed E-state index contributed by atoms with van der Waals surface area (Å²) in [6.45, 7) is 2.22. The van der Waals surface area contributed by atoms with Crippen molar-refractivity contribution in [2.75, 3.05) is 13.6 Å². The number of ketones is 1. The molecule has 0 spiro atoms. The lowest BCUT2D eigenvalue weighted by Crippen LogP contribution is -2.18. The van der Waals surface area contributed by atoms with E-state index in [0.29, 0.717) is 12.1 Å². The van der Waals surface area contributed by atoms with Crippen LogP contribution >= 0.6 is 0 Å². The molecule has 60 valence electrons. The third-order valence-corrected chi connectivity index (χ3v) is 1.49. The average Bonchev–Trinajstić information content (AvgIpc) is 2.36. The lowest BCUT2D eigenvalue weighted by Gasteiger charge is -1.95. The van der Waals surface area contributed by atoms with Crippen molar-refractivity contribution in [3.05, 3.63) is 23.7 Å². The van der Waals surface area contributed by atoms with E-state index in [0.717, 1.165) is 5.56 Å². The number of furan rings is 1. The number of hydrogen-bond donors (Lipinski definition) is 1. The van der Waals surface area contributed by atoms with Crippen molar-refractivity contribution in [2.45, 2.75) is 6.92 Å². The van der Waals surface area contributed by atoms with Gasteiger partial charge in [-0.3, -0.25) is 4.79 Å². The van der Waals surface area contributed by atoms with Gasteiger partial charge in [0.25, 0.3) is 0 Å². The second-order valence-corrected chi connectivity index (χ2v) is 2.42. The van der Waals surface area contributed by atoms with Crippen molar-refractivity contribution in [1.29, 1.82) is 0 Å². The molecule has 1 N–H and O–H groups in total. The average molecular weight is 153 g/mol. The van der Waals surface area contributed by atoms with Gasteiger partial charge in [-0.2, -0.15) is 0 Å². The molecule has 1 aromatic heterocycles. The number of nitrogens with one attached hydrogen (secondary N) is 1. The fraction of sp³-hybridized carbons (Fsp3) is 0.375. The van der Waals surface area contributed by atoms with E-state index in [1.54, 1.807) is 13.3 Å². The molecular formula is C8H11NO2. The van der Waals surface area contributed by atoms with Crippen molar-refractivity contribution < 1.29 is 9.21 Å². The lowest BCUT2D eigenvalue weighted by atomic mass is 10.1. The van der Waals surface area contributed by atoms with Gasteiger partial charge in [0.1, 0.15) is 6.26 Å². The molecule has 0 amide bonds. The number of carbonyl (C=O) groups is 1. The first-order valence-electron chi connectivity index (χ1n) is 3.46. The van der Waals surface area contributed by atoms with Gasteiger partial charge in [0.05, 0.1) is 18.4 Å². The highest BCUT2D eigenvalue weighted by Gasteiger charge is 2.08. The van der Waals surface area contributed by atoms with Crippen LogP contribution in [0.5, 0.6) is 0 Å². The Morgan fingerprint density at radius 3 is 2.82 bits per heavy atom. The van der Waals surface area contributed by atoms with Gasteiger partial charge in [0, 0.05) is 0 Å². The molecule has 3 heteroatoms. The Bertz CT molecular complexity index is 252. The maximum Gasteiger partial charge on any atom is 0.180 e. The molecule has 0 aliphatic rings. The van der Waals surface area contributed by atoms with Crippen molar-refractivity contribution in [1.82, 2.24) is 5.32 Å². The molecule has 1 aromatic rings. The van der Waals surface area contributed by atoms with Gasteiger partial charge in [-0.1, -0.05) is 0 Å². The number of carbonyl (C=O) groups excluding carboxylic acids is 1. The Labute approximate surface area is 65.4 Å². The van der Waals surface area contributed by atoms with Crippen LogP contribution < -0.4 is 5.32 Å². The van der Waals surface area contributed by atoms with Gasteiger partial charge >= 0.3 is 0 Å². The van der Waals surface area contributed by atoms with Gasteiger partial charge in [-0.15, -0.1) is 0 Å². The highest BCUT2D eigenvalue weighted by Crippen LogP contribution is 2.08. The molecule has 0 radical (unpaired) electrons. The summed E-state index contributed by atoms with van der Waals surface area (Å²) >= 11 is 0. The SMILES string of the molecule is CNCC(=O)c1cocc1C. The highest BCUT2D eigenvalue weighted by atomic mass is 16.3. The molecular weight excluding hydrogens is 142 g/mol. The molecule has 0 fully saturated rings. The molecule has 0 aromatic carbocycles. The molecule has 0 atom stereocenters. The van der Waals surface area contributed by atoms with E-state index in [2.05, 4.69) is 5.32 Å². The zero-order valence-electron chi connectivity index (χ0n) is 6.68. The summed E-state index contributed by atoms with van der Waals surface area (Å²) < 4.78 is 4.86. The minimum Gasteiger partial charge on any atom is -0.472 e. The Balaban J connectivity index is 2.76. The predicted molar refractivity (Wildman–Crippen MR) is 41.7 cm³/mol. The molecule has 0 aliphatic heterocycles. The third kappa shape index (κ3) is 1.68. The normalized spacial score (nSPS) is 10.0. The molecule has 1 heterocycles. The van der Waals surface area contributed by atoms with Gasteiger partial charge < -0.3 is 9.73 Å². The van der Waals surface area contributed by atoms with E-state index in [9.17, 15) is 4.79 Å². The molecule has 0 unspecified atom stereocenters. The van der Waals surface area contributed by atoms with Crippen LogP contribution in [0, 0.1) is 6.92 Å². The van der Waals surface area contributed by atoms with Crippen LogP contribution in [0.25, 0.3) is 0 Å². The van der Waals surface area contributed by atoms with Gasteiger partial charge in [-0.05, 0) is 19.5 Å². The first kappa shape index (κ1) is 8.01. The van der Waals surface area contributed by atoms with Crippen molar-refractivity contribution in [3.8, 4) is 0 Å². The number of Topliss-reactive ketones (excluding diaryl/α,β-unsaturated/α-hetero) is 1. The van der Waals surface area contributed by atoms with Crippen molar-refractivity contribution in [2.24, 2.45) is 0 Å². The summed E-state index contributed by atoms with van der Waals surface area (Å²) in [5.41, 5.74) is 1.56. The van der Waals surface area contributed by atoms with Gasteiger partial charge in [-0.25, -0.2) is 0 Å². The van der Waals surface area contributed by atoms with E-state index >= 15 is 0 Å². The summed E-state index contributed by atoms with van der Waals surface area (Å²) in [5, 5.41) is 2.79. The Kier molecular flexibility index (Phi) is 2.44. The summed E-state index contributed by atoms with van der Waals surface area (Å²) in [5.74, 6) is 0.0683. The molecule has 1 rings (SSSR count). The second kappa shape index (κ2) is 3.34. The van der Waals surface area contributed by atoms with E-state index in [4.69, 9.17) is 4.42 Å². The minimum atomic E-state index is 0.0683. The third-order valence-electron chi connectivity index (χ3n) is 1.49. The fourth-order valence-electron chi connectivity index (χ4n) is 0.902. The molecule has 0 saturated heterocycles. The molecule has 0 bridgehead atoms. The largest absolute Gasteiger partial charge is 0.472 e. The number of aryl methyl sites for hydroxylation is 1. The quantitative estimate of drug-likeness (QED) is 0.658. The summed E-state index contributed by atoms with van der Waals surface area (Å²) in [7, 11) is 1.74. The van der Waals surface area contributed by atoms with Crippen molar-refractivity contribution >= 4 is 5.78 Å². The van der Waals surface area contributed by atoms with E-state index in [1.807, 2.05) is 6.92 Å². The van der Waals surface area contributed by atoms with E-state index in [1.165, 1.54) is 6.26 Å². The van der Waals surface area contributed by atoms with Gasteiger partial charge in [0.2, 0.25) is 0 Å². The van der Waals surface area contributed by atoms with Crippen LogP contribution in [0.1, 0.15) is 15.9 Å². The van der Waals surface area contributed by atoms with Crippen LogP contribution in [0.4, 0.5) is 0 Å². The maximum atomic E-state index is 11.2. The van der Waals surface area contributed by atoms with Crippen LogP contribution in [0.2, 0.25) is 0 Å².